The first-order chi connectivity index (χ1) is 10.9. The highest BCUT2D eigenvalue weighted by Crippen LogP contribution is 2.12. The van der Waals surface area contributed by atoms with Gasteiger partial charge in [0.05, 0.1) is 6.67 Å². The minimum atomic E-state index is 1.13. The van der Waals surface area contributed by atoms with Crippen LogP contribution in [-0.2, 0) is 0 Å². The van der Waals surface area contributed by atoms with Gasteiger partial charge in [-0.3, -0.25) is 0 Å². The zero-order valence-electron chi connectivity index (χ0n) is 15.4. The summed E-state index contributed by atoms with van der Waals surface area (Å²) in [6.07, 6.45) is 22.8. The lowest BCUT2D eigenvalue weighted by Gasteiger charge is -2.21. The maximum Gasteiger partial charge on any atom is 0.0893 e. The summed E-state index contributed by atoms with van der Waals surface area (Å²) in [6.45, 7) is 8.20. The molecule has 0 fully saturated rings. The molecule has 0 unspecified atom stereocenters. The minimum absolute atomic E-state index is 1.13. The van der Waals surface area contributed by atoms with E-state index in [1.54, 1.807) is 0 Å². The molecule has 0 N–H and O–H groups in total. The number of hydrogen-bond acceptors (Lipinski definition) is 2. The normalized spacial score (nSPS) is 14.3. The summed E-state index contributed by atoms with van der Waals surface area (Å²) in [4.78, 5) is 4.97. The zero-order valence-corrected chi connectivity index (χ0v) is 15.4. The molecule has 0 saturated carbocycles. The maximum atomic E-state index is 2.49. The second-order valence-corrected chi connectivity index (χ2v) is 6.95. The molecule has 0 radical (unpaired) electrons. The van der Waals surface area contributed by atoms with Crippen LogP contribution in [-0.4, -0.2) is 29.6 Å². The molecular formula is C20H40N2. The molecule has 22 heavy (non-hydrogen) atoms. The Morgan fingerprint density at radius 3 is 1.32 bits per heavy atom. The van der Waals surface area contributed by atoms with E-state index in [1.807, 2.05) is 0 Å². The van der Waals surface area contributed by atoms with Crippen molar-refractivity contribution in [2.24, 2.45) is 0 Å². The van der Waals surface area contributed by atoms with Gasteiger partial charge >= 0.3 is 0 Å². The van der Waals surface area contributed by atoms with Crippen LogP contribution in [0.15, 0.2) is 12.4 Å². The highest BCUT2D eigenvalue weighted by atomic mass is 15.3. The summed E-state index contributed by atoms with van der Waals surface area (Å²) < 4.78 is 0. The van der Waals surface area contributed by atoms with E-state index in [9.17, 15) is 0 Å². The van der Waals surface area contributed by atoms with Crippen molar-refractivity contribution in [2.45, 2.75) is 97.3 Å². The largest absolute Gasteiger partial charge is 0.359 e. The third-order valence-corrected chi connectivity index (χ3v) is 4.70. The van der Waals surface area contributed by atoms with Crippen LogP contribution in [0.5, 0.6) is 0 Å². The molecular weight excluding hydrogens is 268 g/mol. The lowest BCUT2D eigenvalue weighted by molar-refractivity contribution is 0.257. The second-order valence-electron chi connectivity index (χ2n) is 6.95. The van der Waals surface area contributed by atoms with Gasteiger partial charge in [0.15, 0.2) is 0 Å². The third kappa shape index (κ3) is 10.1. The van der Waals surface area contributed by atoms with Gasteiger partial charge in [0.1, 0.15) is 0 Å². The van der Waals surface area contributed by atoms with E-state index in [4.69, 9.17) is 0 Å². The maximum absolute atomic E-state index is 2.49. The number of hydrogen-bond donors (Lipinski definition) is 0. The van der Waals surface area contributed by atoms with E-state index >= 15 is 0 Å². The van der Waals surface area contributed by atoms with E-state index < -0.39 is 0 Å². The van der Waals surface area contributed by atoms with Gasteiger partial charge in [0.25, 0.3) is 0 Å². The SMILES string of the molecule is CCCCCCCCCCN1C=CN(CCCCCCC)C1. The molecule has 0 aromatic carbocycles. The van der Waals surface area contributed by atoms with Crippen LogP contribution < -0.4 is 0 Å². The molecule has 130 valence electrons. The highest BCUT2D eigenvalue weighted by molar-refractivity contribution is 4.90. The van der Waals surface area contributed by atoms with Crippen molar-refractivity contribution in [1.29, 1.82) is 0 Å². The summed E-state index contributed by atoms with van der Waals surface area (Å²) in [6, 6.07) is 0. The molecule has 1 aliphatic rings. The van der Waals surface area contributed by atoms with Gasteiger partial charge in [0.2, 0.25) is 0 Å². The smallest absolute Gasteiger partial charge is 0.0893 e. The Morgan fingerprint density at radius 2 is 0.909 bits per heavy atom. The summed E-state index contributed by atoms with van der Waals surface area (Å²) in [7, 11) is 0. The molecule has 1 rings (SSSR count). The molecule has 2 heteroatoms. The van der Waals surface area contributed by atoms with Gasteiger partial charge in [-0.2, -0.15) is 0 Å². The van der Waals surface area contributed by atoms with Crippen molar-refractivity contribution >= 4 is 0 Å². The van der Waals surface area contributed by atoms with E-state index in [1.165, 1.54) is 96.6 Å². The van der Waals surface area contributed by atoms with Gasteiger partial charge in [-0.1, -0.05) is 84.5 Å². The Balaban J connectivity index is 1.87. The number of unbranched alkanes of at least 4 members (excludes halogenated alkanes) is 11. The first kappa shape index (κ1) is 19.4. The molecule has 0 aromatic heterocycles. The van der Waals surface area contributed by atoms with Crippen LogP contribution in [0.4, 0.5) is 0 Å². The first-order valence-corrected chi connectivity index (χ1v) is 10.0. The van der Waals surface area contributed by atoms with Crippen LogP contribution in [0.25, 0.3) is 0 Å². The van der Waals surface area contributed by atoms with Gasteiger partial charge in [0, 0.05) is 25.5 Å². The zero-order chi connectivity index (χ0) is 15.9. The highest BCUT2D eigenvalue weighted by Gasteiger charge is 2.10. The Hall–Kier alpha value is -0.660. The Kier molecular flexibility index (Phi) is 12.3. The Morgan fingerprint density at radius 1 is 0.545 bits per heavy atom. The molecule has 0 amide bonds. The van der Waals surface area contributed by atoms with Crippen molar-refractivity contribution in [3.63, 3.8) is 0 Å². The van der Waals surface area contributed by atoms with Crippen LogP contribution >= 0.6 is 0 Å². The lowest BCUT2D eigenvalue weighted by atomic mass is 10.1. The number of nitrogens with zero attached hydrogens (tertiary/aromatic N) is 2. The predicted molar refractivity (Wildman–Crippen MR) is 98.8 cm³/mol. The van der Waals surface area contributed by atoms with Crippen LogP contribution in [0.3, 0.4) is 0 Å². The summed E-state index contributed by atoms with van der Waals surface area (Å²) >= 11 is 0. The van der Waals surface area contributed by atoms with Crippen molar-refractivity contribution < 1.29 is 0 Å². The fourth-order valence-corrected chi connectivity index (χ4v) is 3.17. The van der Waals surface area contributed by atoms with E-state index in [0.717, 1.165) is 6.67 Å². The van der Waals surface area contributed by atoms with Crippen LogP contribution in [0.1, 0.15) is 97.3 Å². The van der Waals surface area contributed by atoms with Crippen molar-refractivity contribution in [3.05, 3.63) is 12.4 Å². The molecule has 0 aromatic rings. The third-order valence-electron chi connectivity index (χ3n) is 4.70. The lowest BCUT2D eigenvalue weighted by Crippen LogP contribution is -2.26. The fraction of sp³-hybridized carbons (Fsp3) is 0.900. The number of rotatable bonds is 15. The fourth-order valence-electron chi connectivity index (χ4n) is 3.17. The standard InChI is InChI=1S/C20H40N2/c1-3-5-7-9-10-11-13-15-17-22-19-18-21(20-22)16-14-12-8-6-4-2/h18-19H,3-17,20H2,1-2H3. The molecule has 1 aliphatic heterocycles. The first-order valence-electron chi connectivity index (χ1n) is 10.0. The van der Waals surface area contributed by atoms with E-state index in [0.29, 0.717) is 0 Å². The molecule has 2 nitrogen and oxygen atoms in total. The predicted octanol–water partition coefficient (Wildman–Crippen LogP) is 6.14. The van der Waals surface area contributed by atoms with Crippen LogP contribution in [0.2, 0.25) is 0 Å². The average Bonchev–Trinajstić information content (AvgIpc) is 2.97. The second kappa shape index (κ2) is 14.0. The molecule has 0 bridgehead atoms. The van der Waals surface area contributed by atoms with E-state index in [-0.39, 0.29) is 0 Å². The Bertz CT molecular complexity index is 262. The average molecular weight is 309 g/mol. The van der Waals surface area contributed by atoms with Crippen molar-refractivity contribution in [3.8, 4) is 0 Å². The van der Waals surface area contributed by atoms with Crippen molar-refractivity contribution in [2.75, 3.05) is 19.8 Å². The molecule has 0 aliphatic carbocycles. The van der Waals surface area contributed by atoms with Crippen LogP contribution in [0, 0.1) is 0 Å². The van der Waals surface area contributed by atoms with Crippen molar-refractivity contribution in [1.82, 2.24) is 9.80 Å². The topological polar surface area (TPSA) is 6.48 Å². The summed E-state index contributed by atoms with van der Waals surface area (Å²) in [5.41, 5.74) is 0. The molecule has 0 spiro atoms. The van der Waals surface area contributed by atoms with Gasteiger partial charge < -0.3 is 9.80 Å². The Labute approximate surface area is 139 Å². The molecule has 0 saturated heterocycles. The summed E-state index contributed by atoms with van der Waals surface area (Å²) in [5.74, 6) is 0. The molecule has 1 heterocycles. The molecule has 0 atom stereocenters. The van der Waals surface area contributed by atoms with Gasteiger partial charge in [-0.15, -0.1) is 0 Å². The van der Waals surface area contributed by atoms with Gasteiger partial charge in [-0.05, 0) is 12.8 Å². The minimum Gasteiger partial charge on any atom is -0.359 e. The van der Waals surface area contributed by atoms with Gasteiger partial charge in [-0.25, -0.2) is 0 Å². The van der Waals surface area contributed by atoms with E-state index in [2.05, 4.69) is 36.0 Å². The monoisotopic (exact) mass is 308 g/mol. The summed E-state index contributed by atoms with van der Waals surface area (Å²) in [5, 5.41) is 0. The quantitative estimate of drug-likeness (QED) is 0.335.